The molecule has 0 amide bonds. The minimum Gasteiger partial charge on any atom is -0.335 e. The Balaban J connectivity index is 2.56. The third-order valence-electron chi connectivity index (χ3n) is 2.23. The van der Waals surface area contributed by atoms with E-state index < -0.39 is 4.92 Å². The number of hydrogen-bond acceptors (Lipinski definition) is 4. The van der Waals surface area contributed by atoms with Crippen molar-refractivity contribution in [2.45, 2.75) is 6.92 Å². The Morgan fingerprint density at radius 1 is 1.41 bits per heavy atom. The van der Waals surface area contributed by atoms with E-state index in [1.807, 2.05) is 6.92 Å². The van der Waals surface area contributed by atoms with Crippen LogP contribution in [0.5, 0.6) is 0 Å². The van der Waals surface area contributed by atoms with Gasteiger partial charge in [0.15, 0.2) is 4.77 Å². The van der Waals surface area contributed by atoms with Crippen LogP contribution >= 0.6 is 12.2 Å². The zero-order valence-electron chi connectivity index (χ0n) is 9.01. The van der Waals surface area contributed by atoms with Gasteiger partial charge in [-0.1, -0.05) is 12.1 Å². The van der Waals surface area contributed by atoms with Gasteiger partial charge in [0.2, 0.25) is 0 Å². The van der Waals surface area contributed by atoms with Crippen LogP contribution in [0.25, 0.3) is 11.3 Å². The highest BCUT2D eigenvalue weighted by Gasteiger charge is 2.08. The van der Waals surface area contributed by atoms with E-state index in [-0.39, 0.29) is 5.69 Å². The number of aryl methyl sites for hydroxylation is 1. The highest BCUT2D eigenvalue weighted by molar-refractivity contribution is 7.71. The number of H-pyrrole nitrogens is 1. The largest absolute Gasteiger partial charge is 0.335 e. The van der Waals surface area contributed by atoms with Gasteiger partial charge < -0.3 is 4.98 Å². The average Bonchev–Trinajstić information content (AvgIpc) is 2.28. The molecule has 0 unspecified atom stereocenters. The molecule has 0 saturated heterocycles. The Morgan fingerprint density at radius 2 is 2.18 bits per heavy atom. The second-order valence-corrected chi connectivity index (χ2v) is 3.95. The summed E-state index contributed by atoms with van der Waals surface area (Å²) in [6.45, 7) is 1.86. The predicted octanol–water partition coefficient (Wildman–Crippen LogP) is 3.02. The second kappa shape index (κ2) is 4.42. The van der Waals surface area contributed by atoms with Crippen molar-refractivity contribution in [3.8, 4) is 11.3 Å². The molecule has 0 spiro atoms. The summed E-state index contributed by atoms with van der Waals surface area (Å²) in [6.07, 6.45) is 0. The fraction of sp³-hybridized carbons (Fsp3) is 0.0909. The summed E-state index contributed by atoms with van der Waals surface area (Å²) in [4.78, 5) is 17.3. The lowest BCUT2D eigenvalue weighted by Gasteiger charge is -2.02. The lowest BCUT2D eigenvalue weighted by molar-refractivity contribution is -0.384. The quantitative estimate of drug-likeness (QED) is 0.503. The van der Waals surface area contributed by atoms with Gasteiger partial charge in [0, 0.05) is 23.4 Å². The molecule has 1 N–H and O–H groups in total. The van der Waals surface area contributed by atoms with Crippen molar-refractivity contribution in [2.24, 2.45) is 0 Å². The molecule has 6 heteroatoms. The summed E-state index contributed by atoms with van der Waals surface area (Å²) in [5.41, 5.74) is 2.23. The van der Waals surface area contributed by atoms with Gasteiger partial charge in [0.1, 0.15) is 0 Å². The number of aromatic nitrogens is 2. The first kappa shape index (κ1) is 11.4. The molecule has 1 aromatic carbocycles. The number of nitro benzene ring substituents is 1. The number of nitro groups is 1. The van der Waals surface area contributed by atoms with Crippen LogP contribution < -0.4 is 0 Å². The number of benzene rings is 1. The van der Waals surface area contributed by atoms with Crippen molar-refractivity contribution in [3.63, 3.8) is 0 Å². The highest BCUT2D eigenvalue weighted by Crippen LogP contribution is 2.22. The first-order valence-corrected chi connectivity index (χ1v) is 5.30. The average molecular weight is 247 g/mol. The zero-order chi connectivity index (χ0) is 12.4. The van der Waals surface area contributed by atoms with Crippen LogP contribution in [0.3, 0.4) is 0 Å². The fourth-order valence-corrected chi connectivity index (χ4v) is 1.77. The molecule has 2 aromatic rings. The minimum atomic E-state index is -0.431. The van der Waals surface area contributed by atoms with E-state index in [0.29, 0.717) is 16.0 Å². The first-order valence-electron chi connectivity index (χ1n) is 4.89. The van der Waals surface area contributed by atoms with Crippen molar-refractivity contribution >= 4 is 17.9 Å². The Hall–Kier alpha value is -2.08. The molecule has 1 heterocycles. The summed E-state index contributed by atoms with van der Waals surface area (Å²) in [5, 5.41) is 10.7. The second-order valence-electron chi connectivity index (χ2n) is 3.56. The van der Waals surface area contributed by atoms with Crippen molar-refractivity contribution in [1.29, 1.82) is 0 Å². The Labute approximate surface area is 102 Å². The molecule has 0 bridgehead atoms. The number of aromatic amines is 1. The summed E-state index contributed by atoms with van der Waals surface area (Å²) >= 11 is 4.97. The van der Waals surface area contributed by atoms with Crippen LogP contribution in [0.1, 0.15) is 5.69 Å². The molecule has 17 heavy (non-hydrogen) atoms. The zero-order valence-corrected chi connectivity index (χ0v) is 9.82. The topological polar surface area (TPSA) is 71.8 Å². The number of nitrogens with zero attached hydrogens (tertiary/aromatic N) is 2. The molecule has 0 aliphatic carbocycles. The van der Waals surface area contributed by atoms with Crippen LogP contribution in [0.4, 0.5) is 5.69 Å². The number of nitrogens with one attached hydrogen (secondary N) is 1. The van der Waals surface area contributed by atoms with Gasteiger partial charge in [-0.15, -0.1) is 0 Å². The standard InChI is InChI=1S/C11H9N3O2S/c1-7-5-10(13-11(17)12-7)8-3-2-4-9(6-8)14(15)16/h2-6H,1H3,(H,12,13,17). The van der Waals surface area contributed by atoms with Gasteiger partial charge >= 0.3 is 0 Å². The molecule has 0 atom stereocenters. The van der Waals surface area contributed by atoms with Gasteiger partial charge in [-0.05, 0) is 25.2 Å². The van der Waals surface area contributed by atoms with Gasteiger partial charge in [-0.2, -0.15) is 0 Å². The highest BCUT2D eigenvalue weighted by atomic mass is 32.1. The molecule has 2 rings (SSSR count). The number of rotatable bonds is 2. The van der Waals surface area contributed by atoms with E-state index in [1.54, 1.807) is 18.2 Å². The van der Waals surface area contributed by atoms with Gasteiger partial charge in [-0.3, -0.25) is 10.1 Å². The van der Waals surface area contributed by atoms with E-state index in [0.717, 1.165) is 5.69 Å². The lowest BCUT2D eigenvalue weighted by atomic mass is 10.1. The Kier molecular flexibility index (Phi) is 2.97. The SMILES string of the molecule is Cc1cc(-c2cccc([N+](=O)[O-])c2)nc(=S)[nH]1. The van der Waals surface area contributed by atoms with E-state index in [4.69, 9.17) is 12.2 Å². The summed E-state index contributed by atoms with van der Waals surface area (Å²) in [7, 11) is 0. The van der Waals surface area contributed by atoms with Crippen LogP contribution in [-0.2, 0) is 0 Å². The third-order valence-corrected chi connectivity index (χ3v) is 2.43. The smallest absolute Gasteiger partial charge is 0.270 e. The lowest BCUT2D eigenvalue weighted by Crippen LogP contribution is -1.92. The molecular formula is C11H9N3O2S. The third kappa shape index (κ3) is 2.54. The summed E-state index contributed by atoms with van der Waals surface area (Å²) in [6, 6.07) is 8.12. The molecule has 0 saturated carbocycles. The fourth-order valence-electron chi connectivity index (χ4n) is 1.51. The maximum Gasteiger partial charge on any atom is 0.270 e. The number of non-ortho nitro benzene ring substituents is 1. The monoisotopic (exact) mass is 247 g/mol. The molecule has 0 fully saturated rings. The van der Waals surface area contributed by atoms with Crippen molar-refractivity contribution in [1.82, 2.24) is 9.97 Å². The van der Waals surface area contributed by atoms with Gasteiger partial charge in [0.25, 0.3) is 5.69 Å². The molecule has 86 valence electrons. The molecular weight excluding hydrogens is 238 g/mol. The van der Waals surface area contributed by atoms with E-state index in [2.05, 4.69) is 9.97 Å². The van der Waals surface area contributed by atoms with E-state index >= 15 is 0 Å². The molecule has 0 aliphatic heterocycles. The predicted molar refractivity (Wildman–Crippen MR) is 66.2 cm³/mol. The van der Waals surface area contributed by atoms with Crippen molar-refractivity contribution in [3.05, 3.63) is 50.9 Å². The van der Waals surface area contributed by atoms with Crippen molar-refractivity contribution < 1.29 is 4.92 Å². The molecule has 5 nitrogen and oxygen atoms in total. The Bertz CT molecular complexity index is 637. The Morgan fingerprint density at radius 3 is 2.82 bits per heavy atom. The summed E-state index contributed by atoms with van der Waals surface area (Å²) in [5.74, 6) is 0. The van der Waals surface area contributed by atoms with Crippen molar-refractivity contribution in [2.75, 3.05) is 0 Å². The van der Waals surface area contributed by atoms with Crippen LogP contribution in [0.15, 0.2) is 30.3 Å². The number of hydrogen-bond donors (Lipinski definition) is 1. The summed E-state index contributed by atoms with van der Waals surface area (Å²) < 4.78 is 0.367. The van der Waals surface area contributed by atoms with Gasteiger partial charge in [0.05, 0.1) is 10.6 Å². The maximum absolute atomic E-state index is 10.7. The normalized spacial score (nSPS) is 10.2. The first-order chi connectivity index (χ1) is 8.06. The van der Waals surface area contributed by atoms with Crippen LogP contribution in [0, 0.1) is 21.8 Å². The minimum absolute atomic E-state index is 0.0423. The van der Waals surface area contributed by atoms with Gasteiger partial charge in [-0.25, -0.2) is 4.98 Å². The van der Waals surface area contributed by atoms with E-state index in [9.17, 15) is 10.1 Å². The van der Waals surface area contributed by atoms with Crippen LogP contribution in [-0.4, -0.2) is 14.9 Å². The van der Waals surface area contributed by atoms with Crippen LogP contribution in [0.2, 0.25) is 0 Å². The molecule has 0 radical (unpaired) electrons. The van der Waals surface area contributed by atoms with E-state index in [1.165, 1.54) is 12.1 Å². The molecule has 1 aromatic heterocycles. The molecule has 0 aliphatic rings. The maximum atomic E-state index is 10.7.